The van der Waals surface area contributed by atoms with E-state index in [1.807, 2.05) is 0 Å². The quantitative estimate of drug-likeness (QED) is 0.0177. The van der Waals surface area contributed by atoms with Crippen LogP contribution in [0.5, 0.6) is 0 Å². The van der Waals surface area contributed by atoms with Crippen LogP contribution in [-0.4, -0.2) is 155 Å². The van der Waals surface area contributed by atoms with Gasteiger partial charge in [-0.2, -0.15) is 0 Å². The highest BCUT2D eigenvalue weighted by Crippen LogP contribution is 2.21. The van der Waals surface area contributed by atoms with Crippen molar-refractivity contribution < 1.29 is 57.8 Å². The number of nitrogens with zero attached hydrogens (tertiary/aromatic N) is 2. The second-order valence-electron chi connectivity index (χ2n) is 17.7. The molecule has 17 N–H and O–H groups in total. The van der Waals surface area contributed by atoms with Crippen molar-refractivity contribution in [3.63, 3.8) is 0 Å². The van der Waals surface area contributed by atoms with E-state index in [9.17, 15) is 57.8 Å². The monoisotopic (exact) mass is 995 g/mol. The molecule has 0 saturated carbocycles. The normalized spacial score (nSPS) is 17.4. The Hall–Kier alpha value is -6.60. The van der Waals surface area contributed by atoms with Crippen molar-refractivity contribution in [3.05, 3.63) is 0 Å². The maximum absolute atomic E-state index is 14.1. The van der Waals surface area contributed by atoms with Crippen molar-refractivity contribution in [1.82, 2.24) is 47.4 Å². The summed E-state index contributed by atoms with van der Waals surface area (Å²) in [7, 11) is 0. The van der Waals surface area contributed by atoms with Crippen LogP contribution < -0.4 is 65.5 Å². The van der Waals surface area contributed by atoms with Gasteiger partial charge >= 0.3 is 0 Å². The van der Waals surface area contributed by atoms with E-state index in [4.69, 9.17) is 22.9 Å². The zero-order chi connectivity index (χ0) is 53.4. The van der Waals surface area contributed by atoms with E-state index in [0.29, 0.717) is 25.7 Å². The number of guanidine groups is 1. The third-order valence-electron chi connectivity index (χ3n) is 11.9. The molecule has 1 fully saturated rings. The lowest BCUT2D eigenvalue weighted by Crippen LogP contribution is -2.63. The van der Waals surface area contributed by atoms with E-state index in [2.05, 4.69) is 47.5 Å². The fourth-order valence-electron chi connectivity index (χ4n) is 7.29. The molecule has 1 heterocycles. The second kappa shape index (κ2) is 30.8. The lowest BCUT2D eigenvalue weighted by atomic mass is 9.96. The fraction of sp³-hybridized carbons (Fsp3) is 0.727. The standard InChI is InChI=1S/C44H78N14O12/c1-9-14-27(37(64)55-33(22(4)10-2)40(67)54-29(17-18-31(45)61)43(70)58-20-13-16-30(58)39(66)51-24(6)36(46)63)53-42(69)35(25(7)59)57-41(68)34(23(5)11-3)56-38(65)28(15-12-19-49-44(47)48)52-32(62)21-50-26(8)60/h22-25,27-30,33-35,59H,9-21H2,1-8H3,(H2,45,61)(H2,46,63)(H,50,60)(H,51,66)(H,52,62)(H,53,69)(H,54,67)(H,55,64)(H,56,65)(H,57,68)(H4,47,48,49)/t22-,23-,24+,25+,27-,28-,29-,30-,33-,34+,35-/m0/s1. The molecule has 1 aliphatic heterocycles. The van der Waals surface area contributed by atoms with Gasteiger partial charge in [-0.25, -0.2) is 0 Å². The van der Waals surface area contributed by atoms with Crippen LogP contribution in [0.1, 0.15) is 120 Å². The van der Waals surface area contributed by atoms with E-state index in [1.165, 1.54) is 25.7 Å². The van der Waals surface area contributed by atoms with Gasteiger partial charge in [-0.15, -0.1) is 0 Å². The number of aliphatic hydroxyl groups is 1. The molecule has 26 nitrogen and oxygen atoms in total. The number of amides is 11. The summed E-state index contributed by atoms with van der Waals surface area (Å²) in [5, 5.41) is 31.1. The van der Waals surface area contributed by atoms with Gasteiger partial charge in [-0.05, 0) is 64.2 Å². The number of rotatable bonds is 31. The highest BCUT2D eigenvalue weighted by molar-refractivity contribution is 5.98. The van der Waals surface area contributed by atoms with E-state index < -0.39 is 138 Å². The lowest BCUT2D eigenvalue weighted by Gasteiger charge is -2.32. The van der Waals surface area contributed by atoms with E-state index in [-0.39, 0.29) is 57.6 Å². The molecular formula is C44H78N14O12. The van der Waals surface area contributed by atoms with Gasteiger partial charge in [0.15, 0.2) is 5.96 Å². The summed E-state index contributed by atoms with van der Waals surface area (Å²) >= 11 is 0. The van der Waals surface area contributed by atoms with Crippen LogP contribution in [0.25, 0.3) is 0 Å². The van der Waals surface area contributed by atoms with Crippen molar-refractivity contribution in [1.29, 1.82) is 0 Å². The number of likely N-dealkylation sites (tertiary alicyclic amines) is 1. The van der Waals surface area contributed by atoms with Crippen molar-refractivity contribution in [2.24, 2.45) is 39.8 Å². The maximum atomic E-state index is 14.1. The Kier molecular flexibility index (Phi) is 27.0. The van der Waals surface area contributed by atoms with Gasteiger partial charge in [0.25, 0.3) is 0 Å². The average molecular weight is 995 g/mol. The van der Waals surface area contributed by atoms with Crippen LogP contribution in [-0.2, 0) is 52.7 Å². The molecule has 26 heteroatoms. The highest BCUT2D eigenvalue weighted by atomic mass is 16.3. The molecule has 1 aliphatic rings. The molecule has 0 aromatic heterocycles. The predicted octanol–water partition coefficient (Wildman–Crippen LogP) is -4.40. The first-order valence-electron chi connectivity index (χ1n) is 23.8. The first-order chi connectivity index (χ1) is 32.8. The van der Waals surface area contributed by atoms with Gasteiger partial charge in [0.05, 0.1) is 12.6 Å². The van der Waals surface area contributed by atoms with Crippen molar-refractivity contribution in [2.75, 3.05) is 19.6 Å². The highest BCUT2D eigenvalue weighted by Gasteiger charge is 2.41. The number of nitrogens with one attached hydrogen (secondary N) is 8. The third kappa shape index (κ3) is 21.0. The Bertz CT molecular complexity index is 1880. The molecule has 0 bridgehead atoms. The van der Waals surface area contributed by atoms with Gasteiger partial charge < -0.3 is 75.5 Å². The molecule has 0 radical (unpaired) electrons. The van der Waals surface area contributed by atoms with Gasteiger partial charge in [-0.3, -0.25) is 57.7 Å². The summed E-state index contributed by atoms with van der Waals surface area (Å²) in [5.41, 5.74) is 21.5. The van der Waals surface area contributed by atoms with Crippen LogP contribution in [0.4, 0.5) is 0 Å². The number of aliphatic imine (C=N–C) groups is 1. The lowest BCUT2D eigenvalue weighted by molar-refractivity contribution is -0.143. The van der Waals surface area contributed by atoms with Crippen LogP contribution >= 0.6 is 0 Å². The molecule has 1 rings (SSSR count). The molecule has 0 aliphatic carbocycles. The molecule has 11 atom stereocenters. The zero-order valence-corrected chi connectivity index (χ0v) is 41.7. The van der Waals surface area contributed by atoms with Gasteiger partial charge in [0, 0.05) is 26.4 Å². The molecule has 396 valence electrons. The minimum absolute atomic E-state index is 0.0236. The number of nitrogens with two attached hydrogens (primary N) is 4. The summed E-state index contributed by atoms with van der Waals surface area (Å²) in [6.45, 7) is 12.2. The molecule has 0 aromatic carbocycles. The molecular weight excluding hydrogens is 917 g/mol. The topological polar surface area (TPSA) is 424 Å². The summed E-state index contributed by atoms with van der Waals surface area (Å²) in [6.07, 6.45) is -0.112. The molecule has 1 saturated heterocycles. The first-order valence-corrected chi connectivity index (χ1v) is 23.8. The Balaban J connectivity index is 3.37. The maximum Gasteiger partial charge on any atom is 0.245 e. The number of hydrogen-bond donors (Lipinski definition) is 13. The smallest absolute Gasteiger partial charge is 0.245 e. The average Bonchev–Trinajstić information content (AvgIpc) is 3.79. The first kappa shape index (κ1) is 61.4. The number of carbonyl (C=O) groups excluding carboxylic acids is 11. The van der Waals surface area contributed by atoms with Crippen LogP contribution in [0.2, 0.25) is 0 Å². The third-order valence-corrected chi connectivity index (χ3v) is 11.9. The van der Waals surface area contributed by atoms with Crippen molar-refractivity contribution >= 4 is 70.9 Å². The number of aliphatic hydroxyl groups excluding tert-OH is 1. The van der Waals surface area contributed by atoms with Crippen LogP contribution in [0, 0.1) is 11.8 Å². The predicted molar refractivity (Wildman–Crippen MR) is 256 cm³/mol. The summed E-state index contributed by atoms with van der Waals surface area (Å²) in [6, 6.07) is -10.2. The van der Waals surface area contributed by atoms with Crippen LogP contribution in [0.15, 0.2) is 4.99 Å². The second-order valence-corrected chi connectivity index (χ2v) is 17.7. The fourth-order valence-corrected chi connectivity index (χ4v) is 7.29. The Labute approximate surface area is 408 Å². The van der Waals surface area contributed by atoms with Gasteiger partial charge in [0.2, 0.25) is 65.0 Å². The van der Waals surface area contributed by atoms with Crippen LogP contribution in [0.3, 0.4) is 0 Å². The molecule has 0 aromatic rings. The van der Waals surface area contributed by atoms with Gasteiger partial charge in [-0.1, -0.05) is 53.9 Å². The molecule has 70 heavy (non-hydrogen) atoms. The largest absolute Gasteiger partial charge is 0.391 e. The molecule has 11 amide bonds. The number of hydrogen-bond acceptors (Lipinski definition) is 13. The van der Waals surface area contributed by atoms with E-state index in [1.54, 1.807) is 34.6 Å². The van der Waals surface area contributed by atoms with E-state index >= 15 is 0 Å². The van der Waals surface area contributed by atoms with Crippen molar-refractivity contribution in [2.45, 2.75) is 174 Å². The summed E-state index contributed by atoms with van der Waals surface area (Å²) in [4.78, 5) is 149. The minimum Gasteiger partial charge on any atom is -0.391 e. The Morgan fingerprint density at radius 2 is 1.17 bits per heavy atom. The SMILES string of the molecule is CCC[C@H](NC(=O)[C@@H](NC(=O)[C@H](NC(=O)[C@H](CCCN=C(N)N)NC(=O)CNC(C)=O)[C@@H](C)CC)[C@@H](C)O)C(=O)N[C@H](C(=O)N[C@@H](CCC(N)=O)C(=O)N1CCC[C@H]1C(=O)N[C@H](C)C(N)=O)[C@@H](C)CC. The van der Waals surface area contributed by atoms with Crippen molar-refractivity contribution in [3.8, 4) is 0 Å². The zero-order valence-electron chi connectivity index (χ0n) is 41.7. The molecule has 0 spiro atoms. The molecule has 0 unspecified atom stereocenters. The van der Waals surface area contributed by atoms with E-state index in [0.717, 1.165) is 0 Å². The Morgan fingerprint density at radius 1 is 0.657 bits per heavy atom. The summed E-state index contributed by atoms with van der Waals surface area (Å²) < 4.78 is 0. The Morgan fingerprint density at radius 3 is 1.66 bits per heavy atom. The minimum atomic E-state index is -1.67. The number of carbonyl (C=O) groups is 11. The van der Waals surface area contributed by atoms with Gasteiger partial charge in [0.1, 0.15) is 48.3 Å². The number of primary amides is 2. The summed E-state index contributed by atoms with van der Waals surface area (Å²) in [5.74, 6) is -9.63.